The van der Waals surface area contributed by atoms with Crippen LogP contribution in [-0.2, 0) is 11.3 Å². The zero-order valence-electron chi connectivity index (χ0n) is 12.4. The van der Waals surface area contributed by atoms with E-state index in [1.807, 2.05) is 30.1 Å². The van der Waals surface area contributed by atoms with Crippen LogP contribution in [-0.4, -0.2) is 39.7 Å². The fraction of sp³-hybridized carbons (Fsp3) is 0.562. The highest BCUT2D eigenvalue weighted by Gasteiger charge is 2.45. The first-order valence-corrected chi connectivity index (χ1v) is 8.43. The molecular formula is C16H21N3OS. The van der Waals surface area contributed by atoms with Crippen molar-refractivity contribution in [1.29, 1.82) is 0 Å². The fourth-order valence-corrected chi connectivity index (χ4v) is 4.57. The second kappa shape index (κ2) is 5.23. The number of aromatic nitrogens is 2. The standard InChI is InChI=1S/C16H21N3OS/c1-13-2-3-15(21-13)9-18-6-4-16(11-18)8-14(10-20-16)19-7-5-17-12-19/h2-3,5,7,12,14H,4,6,8-11H2,1H3/t14-,16+/m1/s1. The number of thiophene rings is 1. The predicted molar refractivity (Wildman–Crippen MR) is 83.5 cm³/mol. The number of aryl methyl sites for hydroxylation is 1. The molecule has 2 fully saturated rings. The Kier molecular flexibility index (Phi) is 3.36. The fourth-order valence-electron chi connectivity index (χ4n) is 3.63. The van der Waals surface area contributed by atoms with Crippen molar-refractivity contribution in [3.8, 4) is 0 Å². The highest BCUT2D eigenvalue weighted by atomic mass is 32.1. The Hall–Kier alpha value is -1.17. The Balaban J connectivity index is 1.40. The number of likely N-dealkylation sites (tertiary alicyclic amines) is 1. The predicted octanol–water partition coefficient (Wildman–Crippen LogP) is 2.86. The molecule has 2 aliphatic heterocycles. The highest BCUT2D eigenvalue weighted by Crippen LogP contribution is 2.40. The lowest BCUT2D eigenvalue weighted by Gasteiger charge is -2.23. The number of ether oxygens (including phenoxy) is 1. The van der Waals surface area contributed by atoms with Crippen molar-refractivity contribution in [2.24, 2.45) is 0 Å². The minimum absolute atomic E-state index is 0.0707. The van der Waals surface area contributed by atoms with Gasteiger partial charge in [0, 0.05) is 48.2 Å². The number of hydrogen-bond acceptors (Lipinski definition) is 4. The third-order valence-corrected chi connectivity index (χ3v) is 5.69. The summed E-state index contributed by atoms with van der Waals surface area (Å²) in [5, 5.41) is 0. The highest BCUT2D eigenvalue weighted by molar-refractivity contribution is 7.11. The molecule has 2 atom stereocenters. The van der Waals surface area contributed by atoms with E-state index in [0.717, 1.165) is 39.1 Å². The van der Waals surface area contributed by atoms with Gasteiger partial charge < -0.3 is 9.30 Å². The largest absolute Gasteiger partial charge is 0.371 e. The Morgan fingerprint density at radius 2 is 2.43 bits per heavy atom. The van der Waals surface area contributed by atoms with Gasteiger partial charge in [0.1, 0.15) is 0 Å². The molecule has 0 bridgehead atoms. The molecule has 21 heavy (non-hydrogen) atoms. The summed E-state index contributed by atoms with van der Waals surface area (Å²) in [6.45, 7) is 6.28. The summed E-state index contributed by atoms with van der Waals surface area (Å²) in [6.07, 6.45) is 8.08. The molecule has 4 heterocycles. The summed E-state index contributed by atoms with van der Waals surface area (Å²) in [7, 11) is 0. The third kappa shape index (κ3) is 2.65. The minimum atomic E-state index is 0.0707. The number of rotatable bonds is 3. The van der Waals surface area contributed by atoms with Crippen LogP contribution in [0.2, 0.25) is 0 Å². The second-order valence-electron chi connectivity index (χ2n) is 6.33. The van der Waals surface area contributed by atoms with Crippen LogP contribution in [0.5, 0.6) is 0 Å². The van der Waals surface area contributed by atoms with E-state index in [2.05, 4.69) is 33.5 Å². The molecule has 112 valence electrons. The number of imidazole rings is 1. The SMILES string of the molecule is Cc1ccc(CN2CC[C@]3(C[C@@H](n4ccnc4)CO3)C2)s1. The lowest BCUT2D eigenvalue weighted by atomic mass is 9.97. The number of hydrogen-bond donors (Lipinski definition) is 0. The van der Waals surface area contributed by atoms with E-state index < -0.39 is 0 Å². The van der Waals surface area contributed by atoms with Gasteiger partial charge in [-0.2, -0.15) is 0 Å². The monoisotopic (exact) mass is 303 g/mol. The van der Waals surface area contributed by atoms with Crippen molar-refractivity contribution in [2.45, 2.75) is 38.0 Å². The topological polar surface area (TPSA) is 30.3 Å². The minimum Gasteiger partial charge on any atom is -0.371 e. The molecule has 0 N–H and O–H groups in total. The Labute approximate surface area is 129 Å². The first-order valence-electron chi connectivity index (χ1n) is 7.62. The van der Waals surface area contributed by atoms with Gasteiger partial charge in [-0.15, -0.1) is 11.3 Å². The van der Waals surface area contributed by atoms with Crippen molar-refractivity contribution >= 4 is 11.3 Å². The zero-order chi connectivity index (χ0) is 14.3. The van der Waals surface area contributed by atoms with Gasteiger partial charge in [0.15, 0.2) is 0 Å². The van der Waals surface area contributed by atoms with Crippen LogP contribution in [0.25, 0.3) is 0 Å². The van der Waals surface area contributed by atoms with E-state index in [4.69, 9.17) is 4.74 Å². The van der Waals surface area contributed by atoms with Crippen LogP contribution in [0.15, 0.2) is 30.9 Å². The van der Waals surface area contributed by atoms with Crippen molar-refractivity contribution in [3.63, 3.8) is 0 Å². The number of nitrogens with zero attached hydrogens (tertiary/aromatic N) is 3. The summed E-state index contributed by atoms with van der Waals surface area (Å²) in [6, 6.07) is 4.93. The van der Waals surface area contributed by atoms with Crippen LogP contribution in [0.1, 0.15) is 28.6 Å². The molecule has 0 unspecified atom stereocenters. The molecule has 2 aromatic rings. The maximum atomic E-state index is 6.22. The van der Waals surface area contributed by atoms with Gasteiger partial charge in [0.05, 0.1) is 24.6 Å². The quantitative estimate of drug-likeness (QED) is 0.873. The van der Waals surface area contributed by atoms with Crippen LogP contribution in [0.4, 0.5) is 0 Å². The molecule has 5 heteroatoms. The molecule has 0 saturated carbocycles. The van der Waals surface area contributed by atoms with Crippen LogP contribution < -0.4 is 0 Å². The van der Waals surface area contributed by atoms with E-state index in [-0.39, 0.29) is 5.60 Å². The maximum absolute atomic E-state index is 6.22. The Morgan fingerprint density at radius 1 is 1.48 bits per heavy atom. The van der Waals surface area contributed by atoms with E-state index in [1.165, 1.54) is 9.75 Å². The summed E-state index contributed by atoms with van der Waals surface area (Å²) in [5.41, 5.74) is 0.0707. The molecule has 0 amide bonds. The molecule has 2 aliphatic rings. The molecule has 4 rings (SSSR count). The van der Waals surface area contributed by atoms with E-state index in [0.29, 0.717) is 6.04 Å². The van der Waals surface area contributed by atoms with E-state index in [9.17, 15) is 0 Å². The summed E-state index contributed by atoms with van der Waals surface area (Å²) in [4.78, 5) is 9.56. The normalized spacial score (nSPS) is 29.7. The first-order chi connectivity index (χ1) is 10.2. The van der Waals surface area contributed by atoms with Crippen LogP contribution in [0.3, 0.4) is 0 Å². The van der Waals surface area contributed by atoms with Crippen molar-refractivity contribution in [1.82, 2.24) is 14.5 Å². The lowest BCUT2D eigenvalue weighted by molar-refractivity contribution is 0.0113. The first kappa shape index (κ1) is 13.5. The van der Waals surface area contributed by atoms with Crippen LogP contribution >= 0.6 is 11.3 Å². The second-order valence-corrected chi connectivity index (χ2v) is 7.71. The Morgan fingerprint density at radius 3 is 3.19 bits per heavy atom. The summed E-state index contributed by atoms with van der Waals surface area (Å²) >= 11 is 1.91. The summed E-state index contributed by atoms with van der Waals surface area (Å²) < 4.78 is 8.42. The smallest absolute Gasteiger partial charge is 0.0949 e. The molecule has 2 saturated heterocycles. The molecule has 2 aromatic heterocycles. The third-order valence-electron chi connectivity index (χ3n) is 4.71. The van der Waals surface area contributed by atoms with E-state index >= 15 is 0 Å². The molecule has 1 spiro atoms. The lowest BCUT2D eigenvalue weighted by Crippen LogP contribution is -2.32. The van der Waals surface area contributed by atoms with Gasteiger partial charge in [-0.3, -0.25) is 4.90 Å². The van der Waals surface area contributed by atoms with Gasteiger partial charge in [0.2, 0.25) is 0 Å². The van der Waals surface area contributed by atoms with Crippen molar-refractivity contribution in [2.75, 3.05) is 19.7 Å². The molecular weight excluding hydrogens is 282 g/mol. The molecule has 4 nitrogen and oxygen atoms in total. The van der Waals surface area contributed by atoms with Gasteiger partial charge >= 0.3 is 0 Å². The van der Waals surface area contributed by atoms with Crippen molar-refractivity contribution in [3.05, 3.63) is 40.6 Å². The van der Waals surface area contributed by atoms with Gasteiger partial charge in [-0.1, -0.05) is 0 Å². The maximum Gasteiger partial charge on any atom is 0.0949 e. The average molecular weight is 303 g/mol. The molecule has 0 aromatic carbocycles. The zero-order valence-corrected chi connectivity index (χ0v) is 13.2. The average Bonchev–Trinajstić information content (AvgIpc) is 3.21. The molecule has 0 radical (unpaired) electrons. The van der Waals surface area contributed by atoms with Gasteiger partial charge in [-0.25, -0.2) is 4.98 Å². The van der Waals surface area contributed by atoms with Gasteiger partial charge in [-0.05, 0) is 25.5 Å². The van der Waals surface area contributed by atoms with Crippen molar-refractivity contribution < 1.29 is 4.74 Å². The van der Waals surface area contributed by atoms with Gasteiger partial charge in [0.25, 0.3) is 0 Å². The summed E-state index contributed by atoms with van der Waals surface area (Å²) in [5.74, 6) is 0. The van der Waals surface area contributed by atoms with Crippen LogP contribution in [0, 0.1) is 6.92 Å². The molecule has 0 aliphatic carbocycles. The Bertz CT molecular complexity index is 609. The van der Waals surface area contributed by atoms with E-state index in [1.54, 1.807) is 0 Å².